The van der Waals surface area contributed by atoms with Crippen molar-refractivity contribution in [3.63, 3.8) is 0 Å². The van der Waals surface area contributed by atoms with Crippen LogP contribution in [-0.4, -0.2) is 17.0 Å². The van der Waals surface area contributed by atoms with Gasteiger partial charge in [0.05, 0.1) is 0 Å². The first kappa shape index (κ1) is 12.6. The topological polar surface area (TPSA) is 20.2 Å². The molecule has 1 atom stereocenters. The number of aryl methyl sites for hydroxylation is 2. The quantitative estimate of drug-likeness (QED) is 0.828. The molecule has 84 valence electrons. The van der Waals surface area contributed by atoms with Crippen molar-refractivity contribution in [3.8, 4) is 0 Å². The zero-order valence-corrected chi connectivity index (χ0v) is 10.6. The van der Waals surface area contributed by atoms with Gasteiger partial charge in [0.25, 0.3) is 0 Å². The first-order valence-corrected chi connectivity index (χ1v) is 6.47. The normalized spacial score (nSPS) is 12.8. The third-order valence-electron chi connectivity index (χ3n) is 2.69. The van der Waals surface area contributed by atoms with E-state index in [1.54, 1.807) is 0 Å². The molecule has 0 amide bonds. The Labute approximate surface area is 96.9 Å². The van der Waals surface area contributed by atoms with E-state index in [1.165, 1.54) is 16.7 Å². The van der Waals surface area contributed by atoms with Crippen LogP contribution in [0.1, 0.15) is 30.0 Å². The van der Waals surface area contributed by atoms with E-state index in [0.717, 1.165) is 12.2 Å². The van der Waals surface area contributed by atoms with E-state index in [0.29, 0.717) is 11.9 Å². The number of aliphatic hydroxyl groups excluding tert-OH is 1. The van der Waals surface area contributed by atoms with E-state index < -0.39 is 0 Å². The summed E-state index contributed by atoms with van der Waals surface area (Å²) in [5.41, 5.74) is 4.20. The average molecular weight is 224 g/mol. The Kier molecular flexibility index (Phi) is 5.20. The summed E-state index contributed by atoms with van der Waals surface area (Å²) < 4.78 is 0. The summed E-state index contributed by atoms with van der Waals surface area (Å²) in [7, 11) is 0. The minimum Gasteiger partial charge on any atom is -0.396 e. The molecule has 2 heteroatoms. The molecule has 0 aliphatic carbocycles. The van der Waals surface area contributed by atoms with Gasteiger partial charge in [0.15, 0.2) is 0 Å². The third-order valence-corrected chi connectivity index (χ3v) is 3.95. The van der Waals surface area contributed by atoms with Gasteiger partial charge in [0.2, 0.25) is 0 Å². The largest absolute Gasteiger partial charge is 0.396 e. The smallest absolute Gasteiger partial charge is 0.0441 e. The van der Waals surface area contributed by atoms with Crippen molar-refractivity contribution in [1.82, 2.24) is 0 Å². The van der Waals surface area contributed by atoms with E-state index in [4.69, 9.17) is 5.11 Å². The maximum atomic E-state index is 8.83. The van der Waals surface area contributed by atoms with Gasteiger partial charge in [0, 0.05) is 17.6 Å². The molecule has 0 spiro atoms. The second kappa shape index (κ2) is 6.19. The Bertz CT molecular complexity index is 289. The lowest BCUT2D eigenvalue weighted by Gasteiger charge is -2.13. The van der Waals surface area contributed by atoms with Crippen molar-refractivity contribution in [3.05, 3.63) is 34.9 Å². The Hall–Kier alpha value is -0.470. The van der Waals surface area contributed by atoms with Gasteiger partial charge in [-0.1, -0.05) is 25.1 Å². The fourth-order valence-electron chi connectivity index (χ4n) is 1.57. The van der Waals surface area contributed by atoms with Gasteiger partial charge in [-0.05, 0) is 37.0 Å². The number of rotatable bonds is 5. The van der Waals surface area contributed by atoms with Gasteiger partial charge in [0.1, 0.15) is 0 Å². The van der Waals surface area contributed by atoms with Crippen molar-refractivity contribution in [1.29, 1.82) is 0 Å². The summed E-state index contributed by atoms with van der Waals surface area (Å²) >= 11 is 1.92. The lowest BCUT2D eigenvalue weighted by Crippen LogP contribution is -2.01. The Morgan fingerprint density at radius 1 is 1.27 bits per heavy atom. The van der Waals surface area contributed by atoms with Crippen molar-refractivity contribution < 1.29 is 5.11 Å². The monoisotopic (exact) mass is 224 g/mol. The highest BCUT2D eigenvalue weighted by Gasteiger charge is 2.06. The predicted molar refractivity (Wildman–Crippen MR) is 68.4 cm³/mol. The Balaban J connectivity index is 2.57. The number of hydrogen-bond donors (Lipinski definition) is 1. The molecule has 0 radical (unpaired) electrons. The molecule has 0 heterocycles. The van der Waals surface area contributed by atoms with Crippen LogP contribution in [0.15, 0.2) is 18.2 Å². The molecule has 0 bridgehead atoms. The van der Waals surface area contributed by atoms with Crippen molar-refractivity contribution >= 4 is 11.8 Å². The molecule has 1 rings (SSSR count). The zero-order chi connectivity index (χ0) is 11.3. The Morgan fingerprint density at radius 2 is 1.87 bits per heavy atom. The molecule has 15 heavy (non-hydrogen) atoms. The minimum absolute atomic E-state index is 0.293. The van der Waals surface area contributed by atoms with Crippen LogP contribution in [-0.2, 0) is 5.75 Å². The van der Waals surface area contributed by atoms with Crippen LogP contribution < -0.4 is 0 Å². The van der Waals surface area contributed by atoms with Gasteiger partial charge >= 0.3 is 0 Å². The molecular weight excluding hydrogens is 204 g/mol. The number of hydrogen-bond acceptors (Lipinski definition) is 2. The first-order chi connectivity index (χ1) is 7.15. The SMILES string of the molecule is Cc1cccc(C)c1CSC(C)CCO. The molecule has 0 saturated heterocycles. The molecular formula is C13H20OS. The summed E-state index contributed by atoms with van der Waals surface area (Å²) in [6.45, 7) is 6.80. The first-order valence-electron chi connectivity index (χ1n) is 5.42. The molecule has 1 N–H and O–H groups in total. The number of aliphatic hydroxyl groups is 1. The molecule has 1 aromatic carbocycles. The van der Waals surface area contributed by atoms with Crippen LogP contribution in [0.5, 0.6) is 0 Å². The van der Waals surface area contributed by atoms with Crippen LogP contribution in [0.3, 0.4) is 0 Å². The van der Waals surface area contributed by atoms with Crippen LogP contribution >= 0.6 is 11.8 Å². The highest BCUT2D eigenvalue weighted by Crippen LogP contribution is 2.24. The Morgan fingerprint density at radius 3 is 2.40 bits per heavy atom. The second-order valence-electron chi connectivity index (χ2n) is 4.00. The third kappa shape index (κ3) is 3.88. The van der Waals surface area contributed by atoms with E-state index in [-0.39, 0.29) is 0 Å². The summed E-state index contributed by atoms with van der Waals surface area (Å²) in [5, 5.41) is 9.37. The number of thioether (sulfide) groups is 1. The summed E-state index contributed by atoms with van der Waals surface area (Å²) in [6, 6.07) is 6.44. The highest BCUT2D eigenvalue weighted by molar-refractivity contribution is 7.99. The molecule has 0 aliphatic heterocycles. The van der Waals surface area contributed by atoms with Gasteiger partial charge in [-0.3, -0.25) is 0 Å². The number of benzene rings is 1. The predicted octanol–water partition coefficient (Wildman–Crippen LogP) is 3.31. The maximum Gasteiger partial charge on any atom is 0.0441 e. The fraction of sp³-hybridized carbons (Fsp3) is 0.538. The summed E-state index contributed by atoms with van der Waals surface area (Å²) in [4.78, 5) is 0. The molecule has 0 fully saturated rings. The molecule has 0 saturated carbocycles. The van der Waals surface area contributed by atoms with Crippen LogP contribution in [0.4, 0.5) is 0 Å². The minimum atomic E-state index is 0.293. The van der Waals surface area contributed by atoms with Gasteiger partial charge in [-0.2, -0.15) is 11.8 Å². The van der Waals surface area contributed by atoms with Gasteiger partial charge in [-0.25, -0.2) is 0 Å². The summed E-state index contributed by atoms with van der Waals surface area (Å²) in [6.07, 6.45) is 0.885. The van der Waals surface area contributed by atoms with Crippen LogP contribution in [0.25, 0.3) is 0 Å². The lowest BCUT2D eigenvalue weighted by atomic mass is 10.1. The second-order valence-corrected chi connectivity index (χ2v) is 5.43. The van der Waals surface area contributed by atoms with Gasteiger partial charge in [-0.15, -0.1) is 0 Å². The lowest BCUT2D eigenvalue weighted by molar-refractivity contribution is 0.289. The molecule has 1 unspecified atom stereocenters. The van der Waals surface area contributed by atoms with Gasteiger partial charge < -0.3 is 5.11 Å². The van der Waals surface area contributed by atoms with E-state index in [9.17, 15) is 0 Å². The van der Waals surface area contributed by atoms with Crippen LogP contribution in [0, 0.1) is 13.8 Å². The van der Waals surface area contributed by atoms with Crippen molar-refractivity contribution in [2.24, 2.45) is 0 Å². The zero-order valence-electron chi connectivity index (χ0n) is 9.79. The highest BCUT2D eigenvalue weighted by atomic mass is 32.2. The molecule has 0 aromatic heterocycles. The average Bonchev–Trinajstić information content (AvgIpc) is 2.17. The maximum absolute atomic E-state index is 8.83. The molecule has 1 aromatic rings. The summed E-state index contributed by atoms with van der Waals surface area (Å²) in [5.74, 6) is 1.06. The van der Waals surface area contributed by atoms with E-state index in [1.807, 2.05) is 11.8 Å². The van der Waals surface area contributed by atoms with E-state index >= 15 is 0 Å². The van der Waals surface area contributed by atoms with Crippen molar-refractivity contribution in [2.45, 2.75) is 38.2 Å². The fourth-order valence-corrected chi connectivity index (χ4v) is 2.75. The van der Waals surface area contributed by atoms with Crippen molar-refractivity contribution in [2.75, 3.05) is 6.61 Å². The van der Waals surface area contributed by atoms with E-state index in [2.05, 4.69) is 39.0 Å². The van der Waals surface area contributed by atoms with Crippen LogP contribution in [0.2, 0.25) is 0 Å². The standard InChI is InChI=1S/C13H20OS/c1-10-5-4-6-11(2)13(10)9-15-12(3)7-8-14/h4-6,12,14H,7-9H2,1-3H3. The molecule has 1 nitrogen and oxygen atoms in total. The molecule has 0 aliphatic rings.